The Morgan fingerprint density at radius 1 is 1.16 bits per heavy atom. The standard InChI is InChI=1S/C16H27NO2/c1-13-11-14(2)16(19-4)15(12-13)7-9-17(3)8-5-6-10-18/h11-12,18H,5-10H2,1-4H3. The van der Waals surface area contributed by atoms with Crippen molar-refractivity contribution in [3.8, 4) is 5.75 Å². The number of aryl methyl sites for hydroxylation is 2. The van der Waals surface area contributed by atoms with Crippen LogP contribution >= 0.6 is 0 Å². The van der Waals surface area contributed by atoms with Crippen LogP contribution in [0.4, 0.5) is 0 Å². The maximum atomic E-state index is 8.78. The van der Waals surface area contributed by atoms with E-state index in [0.29, 0.717) is 6.61 Å². The Bertz CT molecular complexity index is 391. The van der Waals surface area contributed by atoms with Crippen molar-refractivity contribution in [3.05, 3.63) is 28.8 Å². The molecule has 0 aliphatic rings. The number of ether oxygens (including phenoxy) is 1. The molecule has 0 amide bonds. The molecule has 19 heavy (non-hydrogen) atoms. The lowest BCUT2D eigenvalue weighted by molar-refractivity contribution is 0.264. The molecule has 0 spiro atoms. The van der Waals surface area contributed by atoms with Gasteiger partial charge in [-0.05, 0) is 57.8 Å². The van der Waals surface area contributed by atoms with Crippen molar-refractivity contribution in [2.45, 2.75) is 33.1 Å². The predicted molar refractivity (Wildman–Crippen MR) is 80.0 cm³/mol. The summed E-state index contributed by atoms with van der Waals surface area (Å²) in [4.78, 5) is 2.31. The normalized spacial score (nSPS) is 11.1. The number of nitrogens with zero attached hydrogens (tertiary/aromatic N) is 1. The topological polar surface area (TPSA) is 32.7 Å². The molecule has 1 aromatic carbocycles. The second-order valence-electron chi connectivity index (χ2n) is 5.26. The van der Waals surface area contributed by atoms with E-state index in [4.69, 9.17) is 9.84 Å². The van der Waals surface area contributed by atoms with Crippen molar-refractivity contribution in [2.24, 2.45) is 0 Å². The fraction of sp³-hybridized carbons (Fsp3) is 0.625. The Balaban J connectivity index is 2.57. The molecule has 0 heterocycles. The first-order valence-electron chi connectivity index (χ1n) is 7.02. The lowest BCUT2D eigenvalue weighted by atomic mass is 10.0. The van der Waals surface area contributed by atoms with Gasteiger partial charge in [-0.1, -0.05) is 17.7 Å². The van der Waals surface area contributed by atoms with E-state index in [9.17, 15) is 0 Å². The van der Waals surface area contributed by atoms with Gasteiger partial charge in [0, 0.05) is 13.2 Å². The maximum Gasteiger partial charge on any atom is 0.125 e. The smallest absolute Gasteiger partial charge is 0.125 e. The fourth-order valence-corrected chi connectivity index (χ4v) is 2.44. The van der Waals surface area contributed by atoms with Gasteiger partial charge in [0.1, 0.15) is 5.75 Å². The van der Waals surface area contributed by atoms with Gasteiger partial charge >= 0.3 is 0 Å². The third-order valence-electron chi connectivity index (χ3n) is 3.41. The zero-order valence-corrected chi connectivity index (χ0v) is 12.7. The third-order valence-corrected chi connectivity index (χ3v) is 3.41. The first-order valence-corrected chi connectivity index (χ1v) is 7.02. The molecule has 0 aliphatic carbocycles. The van der Waals surface area contributed by atoms with Crippen LogP contribution in [0.15, 0.2) is 12.1 Å². The molecule has 1 N–H and O–H groups in total. The number of rotatable bonds is 8. The minimum absolute atomic E-state index is 0.290. The van der Waals surface area contributed by atoms with Crippen LogP contribution in [-0.2, 0) is 6.42 Å². The van der Waals surface area contributed by atoms with Crippen molar-refractivity contribution < 1.29 is 9.84 Å². The van der Waals surface area contributed by atoms with E-state index < -0.39 is 0 Å². The monoisotopic (exact) mass is 265 g/mol. The van der Waals surface area contributed by atoms with Crippen molar-refractivity contribution in [1.29, 1.82) is 0 Å². The minimum atomic E-state index is 0.290. The number of unbranched alkanes of at least 4 members (excludes halogenated alkanes) is 1. The molecule has 0 atom stereocenters. The molecular weight excluding hydrogens is 238 g/mol. The molecule has 1 aromatic rings. The number of hydrogen-bond acceptors (Lipinski definition) is 3. The Morgan fingerprint density at radius 2 is 1.89 bits per heavy atom. The predicted octanol–water partition coefficient (Wildman–Crippen LogP) is 2.56. The van der Waals surface area contributed by atoms with Crippen LogP contribution < -0.4 is 4.74 Å². The summed E-state index contributed by atoms with van der Waals surface area (Å²) in [6.07, 6.45) is 2.94. The molecule has 0 fully saturated rings. The summed E-state index contributed by atoms with van der Waals surface area (Å²) in [6.45, 7) is 6.57. The Hall–Kier alpha value is -1.06. The quantitative estimate of drug-likeness (QED) is 0.733. The van der Waals surface area contributed by atoms with Gasteiger partial charge in [-0.2, -0.15) is 0 Å². The third kappa shape index (κ3) is 5.21. The highest BCUT2D eigenvalue weighted by molar-refractivity contribution is 5.43. The maximum absolute atomic E-state index is 8.78. The summed E-state index contributed by atoms with van der Waals surface area (Å²) in [6, 6.07) is 4.38. The van der Waals surface area contributed by atoms with Crippen molar-refractivity contribution in [3.63, 3.8) is 0 Å². The molecule has 0 radical (unpaired) electrons. The van der Waals surface area contributed by atoms with Crippen LogP contribution in [0, 0.1) is 13.8 Å². The lowest BCUT2D eigenvalue weighted by Crippen LogP contribution is -2.22. The van der Waals surface area contributed by atoms with Crippen molar-refractivity contribution in [2.75, 3.05) is 33.9 Å². The number of hydrogen-bond donors (Lipinski definition) is 1. The molecule has 0 aromatic heterocycles. The van der Waals surface area contributed by atoms with Gasteiger partial charge in [0.2, 0.25) is 0 Å². The second-order valence-corrected chi connectivity index (χ2v) is 5.26. The van der Waals surface area contributed by atoms with Gasteiger partial charge in [0.15, 0.2) is 0 Å². The van der Waals surface area contributed by atoms with Crippen LogP contribution in [0.25, 0.3) is 0 Å². The van der Waals surface area contributed by atoms with E-state index >= 15 is 0 Å². The fourth-order valence-electron chi connectivity index (χ4n) is 2.44. The number of aliphatic hydroxyl groups excluding tert-OH is 1. The van der Waals surface area contributed by atoms with Crippen molar-refractivity contribution in [1.82, 2.24) is 4.90 Å². The molecule has 108 valence electrons. The number of likely N-dealkylation sites (N-methyl/N-ethyl adjacent to an activating group) is 1. The van der Waals surface area contributed by atoms with Crippen LogP contribution in [0.1, 0.15) is 29.5 Å². The highest BCUT2D eigenvalue weighted by atomic mass is 16.5. The first kappa shape index (κ1) is 16.0. The largest absolute Gasteiger partial charge is 0.496 e. The van der Waals surface area contributed by atoms with E-state index in [-0.39, 0.29) is 0 Å². The van der Waals surface area contributed by atoms with Gasteiger partial charge in [-0.15, -0.1) is 0 Å². The molecular formula is C16H27NO2. The minimum Gasteiger partial charge on any atom is -0.496 e. The SMILES string of the molecule is COc1c(C)cc(C)cc1CCN(C)CCCCO. The molecule has 0 saturated heterocycles. The molecule has 0 saturated carbocycles. The van der Waals surface area contributed by atoms with Gasteiger partial charge in [-0.25, -0.2) is 0 Å². The zero-order chi connectivity index (χ0) is 14.3. The van der Waals surface area contributed by atoms with Gasteiger partial charge in [-0.3, -0.25) is 0 Å². The van der Waals surface area contributed by atoms with E-state index in [0.717, 1.165) is 38.1 Å². The number of benzene rings is 1. The highest BCUT2D eigenvalue weighted by Crippen LogP contribution is 2.25. The summed E-state index contributed by atoms with van der Waals surface area (Å²) >= 11 is 0. The lowest BCUT2D eigenvalue weighted by Gasteiger charge is -2.18. The molecule has 0 unspecified atom stereocenters. The highest BCUT2D eigenvalue weighted by Gasteiger charge is 2.08. The Kier molecular flexibility index (Phi) is 6.89. The summed E-state index contributed by atoms with van der Waals surface area (Å²) in [5.41, 5.74) is 3.78. The molecule has 0 bridgehead atoms. The average Bonchev–Trinajstić information content (AvgIpc) is 2.36. The Labute approximate surface area is 117 Å². The molecule has 3 heteroatoms. The summed E-state index contributed by atoms with van der Waals surface area (Å²) in [7, 11) is 3.87. The van der Waals surface area contributed by atoms with Crippen LogP contribution in [-0.4, -0.2) is 43.9 Å². The summed E-state index contributed by atoms with van der Waals surface area (Å²) in [5, 5.41) is 8.78. The number of methoxy groups -OCH3 is 1. The number of aliphatic hydroxyl groups is 1. The van der Waals surface area contributed by atoms with Gasteiger partial charge in [0.25, 0.3) is 0 Å². The van der Waals surface area contributed by atoms with Crippen LogP contribution in [0.3, 0.4) is 0 Å². The molecule has 3 nitrogen and oxygen atoms in total. The molecule has 0 aliphatic heterocycles. The summed E-state index contributed by atoms with van der Waals surface area (Å²) in [5.74, 6) is 1.02. The van der Waals surface area contributed by atoms with E-state index in [1.807, 2.05) is 0 Å². The van der Waals surface area contributed by atoms with Gasteiger partial charge < -0.3 is 14.7 Å². The molecule has 1 rings (SSSR count). The average molecular weight is 265 g/mol. The van der Waals surface area contributed by atoms with E-state index in [1.165, 1.54) is 16.7 Å². The first-order chi connectivity index (χ1) is 9.08. The van der Waals surface area contributed by atoms with E-state index in [1.54, 1.807) is 7.11 Å². The van der Waals surface area contributed by atoms with Gasteiger partial charge in [0.05, 0.1) is 7.11 Å². The second kappa shape index (κ2) is 8.18. The Morgan fingerprint density at radius 3 is 2.53 bits per heavy atom. The van der Waals surface area contributed by atoms with Crippen LogP contribution in [0.5, 0.6) is 5.75 Å². The van der Waals surface area contributed by atoms with Crippen molar-refractivity contribution >= 4 is 0 Å². The van der Waals surface area contributed by atoms with Crippen LogP contribution in [0.2, 0.25) is 0 Å². The summed E-state index contributed by atoms with van der Waals surface area (Å²) < 4.78 is 5.51. The zero-order valence-electron chi connectivity index (χ0n) is 12.7. The van der Waals surface area contributed by atoms with E-state index in [2.05, 4.69) is 37.9 Å².